The molecule has 5 heteroatoms. The topological polar surface area (TPSA) is 53.1 Å². The summed E-state index contributed by atoms with van der Waals surface area (Å²) in [6, 6.07) is -0.0459. The van der Waals surface area contributed by atoms with Gasteiger partial charge in [0, 0.05) is 25.8 Å². The van der Waals surface area contributed by atoms with Crippen LogP contribution >= 0.6 is 11.6 Å². The number of nitrogens with zero attached hydrogens (tertiary/aromatic N) is 2. The van der Waals surface area contributed by atoms with Gasteiger partial charge < -0.3 is 10.5 Å². The Morgan fingerprint density at radius 3 is 2.56 bits per heavy atom. The zero-order valence-corrected chi connectivity index (χ0v) is 11.1. The molecule has 1 aromatic rings. The minimum Gasteiger partial charge on any atom is -0.380 e. The zero-order valence-electron chi connectivity index (χ0n) is 10.3. The van der Waals surface area contributed by atoms with Gasteiger partial charge in [-0.05, 0) is 19.8 Å². The fourth-order valence-corrected chi connectivity index (χ4v) is 2.17. The second kappa shape index (κ2) is 5.66. The molecular formula is C11H20ClN3O. The van der Waals surface area contributed by atoms with Crippen LogP contribution in [-0.4, -0.2) is 29.0 Å². The van der Waals surface area contributed by atoms with Crippen LogP contribution in [0.2, 0.25) is 5.15 Å². The molecule has 4 nitrogen and oxygen atoms in total. The summed E-state index contributed by atoms with van der Waals surface area (Å²) in [5.74, 6) is 0. The first-order chi connectivity index (χ1) is 7.51. The molecule has 16 heavy (non-hydrogen) atoms. The predicted molar refractivity (Wildman–Crippen MR) is 65.7 cm³/mol. The van der Waals surface area contributed by atoms with E-state index >= 15 is 0 Å². The first-order valence-electron chi connectivity index (χ1n) is 5.47. The Kier molecular flexibility index (Phi) is 4.77. The third kappa shape index (κ3) is 2.75. The smallest absolute Gasteiger partial charge is 0.130 e. The highest BCUT2D eigenvalue weighted by Crippen LogP contribution is 2.21. The van der Waals surface area contributed by atoms with Crippen molar-refractivity contribution in [2.24, 2.45) is 12.8 Å². The highest BCUT2D eigenvalue weighted by molar-refractivity contribution is 6.30. The Balaban J connectivity index is 2.80. The van der Waals surface area contributed by atoms with E-state index in [0.29, 0.717) is 11.6 Å². The van der Waals surface area contributed by atoms with Gasteiger partial charge in [-0.15, -0.1) is 0 Å². The molecule has 0 bridgehead atoms. The monoisotopic (exact) mass is 245 g/mol. The molecule has 92 valence electrons. The van der Waals surface area contributed by atoms with Crippen LogP contribution in [-0.2, 0) is 18.2 Å². The Morgan fingerprint density at radius 1 is 1.56 bits per heavy atom. The minimum absolute atomic E-state index is 0.0459. The summed E-state index contributed by atoms with van der Waals surface area (Å²) in [6.45, 7) is 4.01. The lowest BCUT2D eigenvalue weighted by Crippen LogP contribution is -2.37. The number of aryl methyl sites for hydroxylation is 2. The molecular weight excluding hydrogens is 226 g/mol. The highest BCUT2D eigenvalue weighted by atomic mass is 35.5. The number of nitrogens with two attached hydrogens (primary N) is 1. The van der Waals surface area contributed by atoms with E-state index in [0.717, 1.165) is 17.7 Å². The van der Waals surface area contributed by atoms with E-state index in [1.165, 1.54) is 0 Å². The van der Waals surface area contributed by atoms with Gasteiger partial charge >= 0.3 is 0 Å². The largest absolute Gasteiger partial charge is 0.380 e. The van der Waals surface area contributed by atoms with Gasteiger partial charge in [0.05, 0.1) is 11.8 Å². The molecule has 2 N–H and O–H groups in total. The average molecular weight is 246 g/mol. The zero-order chi connectivity index (χ0) is 12.3. The van der Waals surface area contributed by atoms with Crippen LogP contribution in [0.1, 0.15) is 24.6 Å². The Hall–Kier alpha value is -0.580. The number of methoxy groups -OCH3 is 1. The Bertz CT molecular complexity index is 347. The average Bonchev–Trinajstić information content (AvgIpc) is 2.47. The van der Waals surface area contributed by atoms with Crippen LogP contribution < -0.4 is 5.73 Å². The van der Waals surface area contributed by atoms with E-state index in [2.05, 4.69) is 12.0 Å². The van der Waals surface area contributed by atoms with Crippen LogP contribution in [0.4, 0.5) is 0 Å². The molecule has 0 spiro atoms. The molecule has 0 fully saturated rings. The van der Waals surface area contributed by atoms with Crippen LogP contribution in [0.5, 0.6) is 0 Å². The molecule has 0 aliphatic heterocycles. The van der Waals surface area contributed by atoms with Crippen LogP contribution in [0.3, 0.4) is 0 Å². The van der Waals surface area contributed by atoms with Crippen LogP contribution in [0, 0.1) is 6.92 Å². The van der Waals surface area contributed by atoms with Crippen molar-refractivity contribution in [3.8, 4) is 0 Å². The van der Waals surface area contributed by atoms with Gasteiger partial charge in [-0.3, -0.25) is 4.68 Å². The number of hydrogen-bond acceptors (Lipinski definition) is 3. The van der Waals surface area contributed by atoms with Crippen molar-refractivity contribution in [2.75, 3.05) is 7.11 Å². The SMILES string of the molecule is CCC(OC)C(N)Cc1c(C)nn(C)c1Cl. The molecule has 1 aromatic heterocycles. The summed E-state index contributed by atoms with van der Waals surface area (Å²) in [5.41, 5.74) is 8.06. The number of aromatic nitrogens is 2. The fraction of sp³-hybridized carbons (Fsp3) is 0.727. The van der Waals surface area contributed by atoms with Gasteiger partial charge in [0.15, 0.2) is 0 Å². The van der Waals surface area contributed by atoms with E-state index < -0.39 is 0 Å². The van der Waals surface area contributed by atoms with Gasteiger partial charge in [-0.25, -0.2) is 0 Å². The molecule has 1 rings (SSSR count). The summed E-state index contributed by atoms with van der Waals surface area (Å²) >= 11 is 6.15. The van der Waals surface area contributed by atoms with Gasteiger partial charge in [-0.2, -0.15) is 5.10 Å². The third-order valence-corrected chi connectivity index (χ3v) is 3.37. The fourth-order valence-electron chi connectivity index (χ4n) is 1.92. The summed E-state index contributed by atoms with van der Waals surface area (Å²) in [5, 5.41) is 4.93. The lowest BCUT2D eigenvalue weighted by atomic mass is 10.0. The van der Waals surface area contributed by atoms with Crippen molar-refractivity contribution in [1.82, 2.24) is 9.78 Å². The van der Waals surface area contributed by atoms with Crippen molar-refractivity contribution in [3.05, 3.63) is 16.4 Å². The van der Waals surface area contributed by atoms with Gasteiger partial charge in [-0.1, -0.05) is 18.5 Å². The van der Waals surface area contributed by atoms with Crippen molar-refractivity contribution < 1.29 is 4.74 Å². The van der Waals surface area contributed by atoms with Crippen molar-refractivity contribution in [1.29, 1.82) is 0 Å². The molecule has 0 radical (unpaired) electrons. The van der Waals surface area contributed by atoms with E-state index in [-0.39, 0.29) is 12.1 Å². The lowest BCUT2D eigenvalue weighted by Gasteiger charge is -2.21. The maximum Gasteiger partial charge on any atom is 0.130 e. The highest BCUT2D eigenvalue weighted by Gasteiger charge is 2.20. The third-order valence-electron chi connectivity index (χ3n) is 2.89. The maximum atomic E-state index is 6.15. The number of hydrogen-bond donors (Lipinski definition) is 1. The standard InChI is InChI=1S/C11H20ClN3O/c1-5-10(16-4)9(13)6-8-7(2)14-15(3)11(8)12/h9-10H,5-6,13H2,1-4H3. The summed E-state index contributed by atoms with van der Waals surface area (Å²) < 4.78 is 7.00. The van der Waals surface area contributed by atoms with Crippen LogP contribution in [0.25, 0.3) is 0 Å². The molecule has 0 saturated carbocycles. The van der Waals surface area contributed by atoms with E-state index in [1.807, 2.05) is 14.0 Å². The summed E-state index contributed by atoms with van der Waals surface area (Å²) in [7, 11) is 3.52. The quantitative estimate of drug-likeness (QED) is 0.859. The molecule has 0 aromatic carbocycles. The lowest BCUT2D eigenvalue weighted by molar-refractivity contribution is 0.0773. The minimum atomic E-state index is -0.0459. The number of halogens is 1. The summed E-state index contributed by atoms with van der Waals surface area (Å²) in [6.07, 6.45) is 1.66. The first-order valence-corrected chi connectivity index (χ1v) is 5.85. The van der Waals surface area contributed by atoms with Crippen LogP contribution in [0.15, 0.2) is 0 Å². The molecule has 0 amide bonds. The molecule has 0 aliphatic carbocycles. The van der Waals surface area contributed by atoms with Crippen molar-refractivity contribution >= 4 is 11.6 Å². The van der Waals surface area contributed by atoms with Crippen molar-refractivity contribution in [3.63, 3.8) is 0 Å². The van der Waals surface area contributed by atoms with Gasteiger partial charge in [0.2, 0.25) is 0 Å². The van der Waals surface area contributed by atoms with E-state index in [1.54, 1.807) is 11.8 Å². The van der Waals surface area contributed by atoms with E-state index in [9.17, 15) is 0 Å². The predicted octanol–water partition coefficient (Wildman–Crippen LogP) is 1.68. The number of ether oxygens (including phenoxy) is 1. The molecule has 1 heterocycles. The number of rotatable bonds is 5. The first kappa shape index (κ1) is 13.5. The van der Waals surface area contributed by atoms with Gasteiger partial charge in [0.25, 0.3) is 0 Å². The Morgan fingerprint density at radius 2 is 2.19 bits per heavy atom. The molecule has 0 saturated heterocycles. The molecule has 0 aliphatic rings. The second-order valence-electron chi connectivity index (χ2n) is 4.03. The second-order valence-corrected chi connectivity index (χ2v) is 4.39. The summed E-state index contributed by atoms with van der Waals surface area (Å²) in [4.78, 5) is 0. The van der Waals surface area contributed by atoms with Crippen molar-refractivity contribution in [2.45, 2.75) is 38.8 Å². The molecule has 2 unspecified atom stereocenters. The normalized spacial score (nSPS) is 15.1. The maximum absolute atomic E-state index is 6.15. The van der Waals surface area contributed by atoms with Gasteiger partial charge in [0.1, 0.15) is 5.15 Å². The Labute approximate surface area is 102 Å². The molecule has 2 atom stereocenters. The van der Waals surface area contributed by atoms with E-state index in [4.69, 9.17) is 22.1 Å².